The number of benzene rings is 1. The van der Waals surface area contributed by atoms with Gasteiger partial charge in [-0.3, -0.25) is 20.2 Å². The predicted octanol–water partition coefficient (Wildman–Crippen LogP) is -0.138. The number of ether oxygens (including phenoxy) is 2. The van der Waals surface area contributed by atoms with Gasteiger partial charge in [0.15, 0.2) is 11.5 Å². The molecular weight excluding hydrogens is 408 g/mol. The first kappa shape index (κ1) is 22.1. The fourth-order valence-electron chi connectivity index (χ4n) is 3.84. The number of nitrogens with zero attached hydrogens (tertiary/aromatic N) is 2. The van der Waals surface area contributed by atoms with Crippen molar-refractivity contribution >= 4 is 17.8 Å². The summed E-state index contributed by atoms with van der Waals surface area (Å²) in [6.07, 6.45) is 0. The van der Waals surface area contributed by atoms with Gasteiger partial charge in [-0.05, 0) is 17.7 Å². The van der Waals surface area contributed by atoms with E-state index in [0.29, 0.717) is 33.2 Å². The van der Waals surface area contributed by atoms with Gasteiger partial charge in [-0.2, -0.15) is 0 Å². The van der Waals surface area contributed by atoms with Crippen LogP contribution in [0.2, 0.25) is 0 Å². The Morgan fingerprint density at radius 2 is 1.74 bits per heavy atom. The number of nitrogens with one attached hydrogen (secondary N) is 2. The molecule has 1 atom stereocenters. The summed E-state index contributed by atoms with van der Waals surface area (Å²) in [6.45, 7) is 3.13. The number of imidazole rings is 1. The lowest BCUT2D eigenvalue weighted by Gasteiger charge is -2.28. The van der Waals surface area contributed by atoms with Crippen molar-refractivity contribution in [3.63, 3.8) is 0 Å². The Labute approximate surface area is 178 Å². The molecule has 1 saturated heterocycles. The van der Waals surface area contributed by atoms with Gasteiger partial charge in [-0.15, -0.1) is 0 Å². The van der Waals surface area contributed by atoms with Crippen LogP contribution in [-0.2, 0) is 16.1 Å². The number of imide groups is 2. The average Bonchev–Trinajstić information content (AvgIpc) is 2.94. The molecule has 4 amide bonds. The Morgan fingerprint density at radius 1 is 1.13 bits per heavy atom. The van der Waals surface area contributed by atoms with Crippen molar-refractivity contribution in [2.75, 3.05) is 20.8 Å². The lowest BCUT2D eigenvalue weighted by Crippen LogP contribution is -2.58. The number of carbonyl (C=O) groups is 3. The smallest absolute Gasteiger partial charge is 0.328 e. The van der Waals surface area contributed by atoms with Gasteiger partial charge in [-0.25, -0.2) is 14.1 Å². The SMILES string of the molecule is COc1ccc(C(c2n(CCO)c(C)c(C)[n+]2[O-])C2C(=O)NC(=O)NC2=O)cc1OC. The molecule has 1 fully saturated rings. The Balaban J connectivity index is 2.29. The molecule has 1 aliphatic rings. The summed E-state index contributed by atoms with van der Waals surface area (Å²) in [4.78, 5) is 37.1. The van der Waals surface area contributed by atoms with Gasteiger partial charge in [0, 0.05) is 13.8 Å². The highest BCUT2D eigenvalue weighted by molar-refractivity contribution is 6.16. The van der Waals surface area contributed by atoms with Crippen molar-refractivity contribution < 1.29 is 33.7 Å². The van der Waals surface area contributed by atoms with Gasteiger partial charge in [0.1, 0.15) is 29.8 Å². The van der Waals surface area contributed by atoms with Crippen LogP contribution in [0.25, 0.3) is 0 Å². The lowest BCUT2D eigenvalue weighted by molar-refractivity contribution is -0.621. The molecular formula is C20H24N4O7. The number of carbonyl (C=O) groups excluding carboxylic acids is 3. The van der Waals surface area contributed by atoms with E-state index in [9.17, 15) is 24.7 Å². The van der Waals surface area contributed by atoms with Crippen LogP contribution >= 0.6 is 0 Å². The molecule has 3 N–H and O–H groups in total. The third-order valence-corrected chi connectivity index (χ3v) is 5.46. The van der Waals surface area contributed by atoms with E-state index in [2.05, 4.69) is 10.6 Å². The van der Waals surface area contributed by atoms with Crippen molar-refractivity contribution in [3.8, 4) is 11.5 Å². The van der Waals surface area contributed by atoms with Crippen LogP contribution in [0.5, 0.6) is 11.5 Å². The van der Waals surface area contributed by atoms with Gasteiger partial charge in [0.25, 0.3) is 5.82 Å². The molecule has 0 spiro atoms. The van der Waals surface area contributed by atoms with Crippen molar-refractivity contribution in [2.45, 2.75) is 26.3 Å². The van der Waals surface area contributed by atoms with Crippen LogP contribution in [0, 0.1) is 25.0 Å². The molecule has 166 valence electrons. The van der Waals surface area contributed by atoms with Crippen LogP contribution in [-0.4, -0.2) is 48.3 Å². The summed E-state index contributed by atoms with van der Waals surface area (Å²) in [7, 11) is 2.90. The van der Waals surface area contributed by atoms with Crippen LogP contribution in [0.1, 0.15) is 28.7 Å². The largest absolute Gasteiger partial charge is 0.711 e. The zero-order valence-electron chi connectivity index (χ0n) is 17.6. The molecule has 1 aromatic heterocycles. The van der Waals surface area contributed by atoms with Gasteiger partial charge >= 0.3 is 6.03 Å². The van der Waals surface area contributed by atoms with Gasteiger partial charge < -0.3 is 19.8 Å². The Hall–Kier alpha value is -3.60. The number of aliphatic hydroxyl groups excluding tert-OH is 1. The second-order valence-corrected chi connectivity index (χ2v) is 7.08. The normalized spacial score (nSPS) is 15.5. The maximum Gasteiger partial charge on any atom is 0.328 e. The zero-order valence-corrected chi connectivity index (χ0v) is 17.6. The molecule has 11 heteroatoms. The van der Waals surface area contributed by atoms with Gasteiger partial charge in [0.05, 0.1) is 20.8 Å². The number of methoxy groups -OCH3 is 2. The van der Waals surface area contributed by atoms with E-state index in [1.807, 2.05) is 0 Å². The van der Waals surface area contributed by atoms with Crippen molar-refractivity contribution in [1.82, 2.24) is 15.2 Å². The van der Waals surface area contributed by atoms with E-state index in [4.69, 9.17) is 9.47 Å². The van der Waals surface area contributed by atoms with Gasteiger partial charge in [0.2, 0.25) is 11.8 Å². The molecule has 11 nitrogen and oxygen atoms in total. The van der Waals surface area contributed by atoms with E-state index in [0.717, 1.165) is 0 Å². The summed E-state index contributed by atoms with van der Waals surface area (Å²) in [5, 5.41) is 26.8. The quantitative estimate of drug-likeness (QED) is 0.314. The molecule has 31 heavy (non-hydrogen) atoms. The first-order valence-electron chi connectivity index (χ1n) is 9.52. The molecule has 1 aromatic carbocycles. The average molecular weight is 432 g/mol. The minimum absolute atomic E-state index is 0.0793. The van der Waals surface area contributed by atoms with Crippen LogP contribution in [0.15, 0.2) is 18.2 Å². The number of aromatic nitrogens is 2. The monoisotopic (exact) mass is 432 g/mol. The number of aliphatic hydroxyl groups is 1. The highest BCUT2D eigenvalue weighted by Crippen LogP contribution is 2.38. The number of hydrogen-bond donors (Lipinski definition) is 3. The molecule has 1 aliphatic heterocycles. The Kier molecular flexibility index (Phi) is 6.16. The number of urea groups is 1. The minimum atomic E-state index is -1.41. The minimum Gasteiger partial charge on any atom is -0.711 e. The highest BCUT2D eigenvalue weighted by atomic mass is 16.5. The van der Waals surface area contributed by atoms with Crippen LogP contribution < -0.4 is 24.8 Å². The first-order chi connectivity index (χ1) is 14.7. The van der Waals surface area contributed by atoms with Crippen molar-refractivity contribution in [1.29, 1.82) is 0 Å². The fraction of sp³-hybridized carbons (Fsp3) is 0.400. The lowest BCUT2D eigenvalue weighted by atomic mass is 9.82. The number of rotatable bonds is 7. The Bertz CT molecular complexity index is 1030. The van der Waals surface area contributed by atoms with Crippen molar-refractivity contribution in [3.05, 3.63) is 46.2 Å². The van der Waals surface area contributed by atoms with Crippen LogP contribution in [0.4, 0.5) is 4.79 Å². The van der Waals surface area contributed by atoms with E-state index in [1.165, 1.54) is 14.2 Å². The standard InChI is InChI=1S/C20H24N4O7/c1-10-11(2)24(29)19(23(10)7-8-25)15(16-17(26)21-20(28)22-18(16)27)12-5-6-13(30-3)14(9-12)31-4/h5-6,9,15-16,25H,7-8H2,1-4H3,(H2,21,22,26,27,28). The van der Waals surface area contributed by atoms with E-state index in [-0.39, 0.29) is 19.0 Å². The second kappa shape index (κ2) is 8.64. The molecule has 2 heterocycles. The molecule has 0 saturated carbocycles. The van der Waals surface area contributed by atoms with E-state index in [1.54, 1.807) is 36.6 Å². The molecule has 2 aromatic rings. The summed E-state index contributed by atoms with van der Waals surface area (Å²) in [5.74, 6) is -3.32. The maximum absolute atomic E-state index is 13.1. The highest BCUT2D eigenvalue weighted by Gasteiger charge is 2.47. The third-order valence-electron chi connectivity index (χ3n) is 5.46. The predicted molar refractivity (Wildman–Crippen MR) is 107 cm³/mol. The number of hydrogen-bond acceptors (Lipinski definition) is 7. The molecule has 0 bridgehead atoms. The molecule has 0 radical (unpaired) electrons. The van der Waals surface area contributed by atoms with E-state index < -0.39 is 29.7 Å². The molecule has 0 aliphatic carbocycles. The summed E-state index contributed by atoms with van der Waals surface area (Å²) >= 11 is 0. The van der Waals surface area contributed by atoms with Crippen molar-refractivity contribution in [2.24, 2.45) is 5.92 Å². The fourth-order valence-corrected chi connectivity index (χ4v) is 3.84. The maximum atomic E-state index is 13.1. The van der Waals surface area contributed by atoms with E-state index >= 15 is 0 Å². The summed E-state index contributed by atoms with van der Waals surface area (Å²) in [6, 6.07) is 3.86. The third kappa shape index (κ3) is 3.79. The summed E-state index contributed by atoms with van der Waals surface area (Å²) < 4.78 is 12.8. The van der Waals surface area contributed by atoms with Crippen LogP contribution in [0.3, 0.4) is 0 Å². The summed E-state index contributed by atoms with van der Waals surface area (Å²) in [5.41, 5.74) is 1.36. The molecule has 1 unspecified atom stereocenters. The Morgan fingerprint density at radius 3 is 2.29 bits per heavy atom. The number of barbiturate groups is 1. The topological polar surface area (TPSA) is 146 Å². The van der Waals surface area contributed by atoms with Gasteiger partial charge in [-0.1, -0.05) is 6.07 Å². The second-order valence-electron chi connectivity index (χ2n) is 7.08. The first-order valence-corrected chi connectivity index (χ1v) is 9.52. The number of amides is 4. The zero-order chi connectivity index (χ0) is 22.9. The molecule has 3 rings (SSSR count).